The monoisotopic (exact) mass is 235 g/mol. The van der Waals surface area contributed by atoms with Gasteiger partial charge in [-0.05, 0) is 39.0 Å². The summed E-state index contributed by atoms with van der Waals surface area (Å²) in [6.45, 7) is 5.88. The lowest BCUT2D eigenvalue weighted by atomic mass is 9.79. The molecular formula is C11H22ClNO2. The standard InChI is InChI=1S/C11H21NO2.ClH/c1-7(2)14-11(13)9-4-5-10(12)8(3)6-9;/h7-10H,4-6,12H2,1-3H3;1H/t8-,9-,10-;/m0./s1. The van der Waals surface area contributed by atoms with Gasteiger partial charge in [-0.1, -0.05) is 6.92 Å². The number of rotatable bonds is 2. The number of ether oxygens (including phenoxy) is 1. The Hall–Kier alpha value is -0.280. The van der Waals surface area contributed by atoms with Gasteiger partial charge in [0.2, 0.25) is 0 Å². The number of carbonyl (C=O) groups excluding carboxylic acids is 1. The first kappa shape index (κ1) is 14.7. The Balaban J connectivity index is 0.00000196. The van der Waals surface area contributed by atoms with E-state index in [0.29, 0.717) is 5.92 Å². The summed E-state index contributed by atoms with van der Waals surface area (Å²) in [6.07, 6.45) is 2.71. The van der Waals surface area contributed by atoms with Crippen molar-refractivity contribution >= 4 is 18.4 Å². The van der Waals surface area contributed by atoms with Crippen molar-refractivity contribution in [1.82, 2.24) is 0 Å². The van der Waals surface area contributed by atoms with Gasteiger partial charge in [0.25, 0.3) is 0 Å². The van der Waals surface area contributed by atoms with Crippen molar-refractivity contribution in [3.63, 3.8) is 0 Å². The van der Waals surface area contributed by atoms with Crippen LogP contribution in [0.25, 0.3) is 0 Å². The Morgan fingerprint density at radius 2 is 2.00 bits per heavy atom. The molecule has 3 nitrogen and oxygen atoms in total. The van der Waals surface area contributed by atoms with Crippen LogP contribution in [-0.2, 0) is 9.53 Å². The number of esters is 1. The first-order valence-electron chi connectivity index (χ1n) is 5.46. The van der Waals surface area contributed by atoms with Crippen molar-refractivity contribution in [1.29, 1.82) is 0 Å². The molecule has 4 heteroatoms. The van der Waals surface area contributed by atoms with E-state index in [1.807, 2.05) is 13.8 Å². The average molecular weight is 236 g/mol. The molecule has 0 spiro atoms. The van der Waals surface area contributed by atoms with Crippen molar-refractivity contribution in [2.45, 2.75) is 52.2 Å². The summed E-state index contributed by atoms with van der Waals surface area (Å²) < 4.78 is 5.19. The first-order chi connectivity index (χ1) is 6.50. The van der Waals surface area contributed by atoms with Crippen molar-refractivity contribution in [3.05, 3.63) is 0 Å². The highest BCUT2D eigenvalue weighted by atomic mass is 35.5. The maximum absolute atomic E-state index is 11.6. The van der Waals surface area contributed by atoms with E-state index in [-0.39, 0.29) is 36.4 Å². The summed E-state index contributed by atoms with van der Waals surface area (Å²) in [5.74, 6) is 0.472. The molecule has 0 saturated heterocycles. The molecule has 0 aromatic carbocycles. The van der Waals surface area contributed by atoms with Crippen LogP contribution in [0.2, 0.25) is 0 Å². The van der Waals surface area contributed by atoms with E-state index in [9.17, 15) is 4.79 Å². The Labute approximate surface area is 98.2 Å². The molecule has 0 radical (unpaired) electrons. The van der Waals surface area contributed by atoms with E-state index in [0.717, 1.165) is 19.3 Å². The molecule has 2 N–H and O–H groups in total. The van der Waals surface area contributed by atoms with Crippen molar-refractivity contribution in [2.24, 2.45) is 17.6 Å². The smallest absolute Gasteiger partial charge is 0.309 e. The molecular weight excluding hydrogens is 214 g/mol. The van der Waals surface area contributed by atoms with Gasteiger partial charge in [-0.25, -0.2) is 0 Å². The Morgan fingerprint density at radius 1 is 1.40 bits per heavy atom. The van der Waals surface area contributed by atoms with Gasteiger partial charge in [-0.2, -0.15) is 0 Å². The van der Waals surface area contributed by atoms with E-state index < -0.39 is 0 Å². The van der Waals surface area contributed by atoms with Crippen LogP contribution in [-0.4, -0.2) is 18.1 Å². The number of nitrogens with two attached hydrogens (primary N) is 1. The van der Waals surface area contributed by atoms with Gasteiger partial charge >= 0.3 is 5.97 Å². The zero-order valence-electron chi connectivity index (χ0n) is 9.73. The lowest BCUT2D eigenvalue weighted by Crippen LogP contribution is -2.37. The summed E-state index contributed by atoms with van der Waals surface area (Å²) >= 11 is 0. The summed E-state index contributed by atoms with van der Waals surface area (Å²) in [5.41, 5.74) is 5.89. The molecule has 1 aliphatic rings. The summed E-state index contributed by atoms with van der Waals surface area (Å²) in [7, 11) is 0. The van der Waals surface area contributed by atoms with Gasteiger partial charge < -0.3 is 10.5 Å². The van der Waals surface area contributed by atoms with Crippen LogP contribution >= 0.6 is 12.4 Å². The highest BCUT2D eigenvalue weighted by Gasteiger charge is 2.30. The molecule has 1 saturated carbocycles. The van der Waals surface area contributed by atoms with Gasteiger partial charge in [-0.3, -0.25) is 4.79 Å². The molecule has 0 aromatic heterocycles. The first-order valence-corrected chi connectivity index (χ1v) is 5.46. The average Bonchev–Trinajstić information content (AvgIpc) is 2.08. The van der Waals surface area contributed by atoms with Gasteiger partial charge in [-0.15, -0.1) is 12.4 Å². The van der Waals surface area contributed by atoms with Crippen LogP contribution in [0, 0.1) is 11.8 Å². The molecule has 90 valence electrons. The second-order valence-corrected chi connectivity index (χ2v) is 4.64. The molecule has 15 heavy (non-hydrogen) atoms. The molecule has 0 aliphatic heterocycles. The number of carbonyl (C=O) groups is 1. The van der Waals surface area contributed by atoms with Gasteiger partial charge in [0.05, 0.1) is 12.0 Å². The predicted molar refractivity (Wildman–Crippen MR) is 63.0 cm³/mol. The zero-order chi connectivity index (χ0) is 10.7. The molecule has 0 unspecified atom stereocenters. The Bertz CT molecular complexity index is 209. The summed E-state index contributed by atoms with van der Waals surface area (Å²) in [4.78, 5) is 11.6. The second-order valence-electron chi connectivity index (χ2n) is 4.64. The summed E-state index contributed by atoms with van der Waals surface area (Å²) in [6, 6.07) is 0.262. The van der Waals surface area contributed by atoms with Crippen molar-refractivity contribution in [2.75, 3.05) is 0 Å². The minimum atomic E-state index is -0.0428. The number of hydrogen-bond donors (Lipinski definition) is 1. The SMILES string of the molecule is CC(C)OC(=O)[C@H]1CC[C@H](N)[C@@H](C)C1.Cl. The lowest BCUT2D eigenvalue weighted by molar-refractivity contribution is -0.154. The maximum atomic E-state index is 11.6. The fourth-order valence-electron chi connectivity index (χ4n) is 1.96. The van der Waals surface area contributed by atoms with E-state index in [1.54, 1.807) is 0 Å². The molecule has 1 fully saturated rings. The summed E-state index contributed by atoms with van der Waals surface area (Å²) in [5, 5.41) is 0. The van der Waals surface area contributed by atoms with E-state index >= 15 is 0 Å². The molecule has 0 heterocycles. The Kier molecular flexibility index (Phi) is 6.22. The number of halogens is 1. The predicted octanol–water partition coefficient (Wildman–Crippen LogP) is 2.12. The normalized spacial score (nSPS) is 30.9. The molecule has 1 aliphatic carbocycles. The van der Waals surface area contributed by atoms with Gasteiger partial charge in [0, 0.05) is 6.04 Å². The van der Waals surface area contributed by atoms with Gasteiger partial charge in [0.15, 0.2) is 0 Å². The van der Waals surface area contributed by atoms with Crippen molar-refractivity contribution in [3.8, 4) is 0 Å². The highest BCUT2D eigenvalue weighted by Crippen LogP contribution is 2.28. The largest absolute Gasteiger partial charge is 0.463 e. The van der Waals surface area contributed by atoms with Crippen LogP contribution in [0.4, 0.5) is 0 Å². The number of hydrogen-bond acceptors (Lipinski definition) is 3. The molecule has 1 rings (SSSR count). The van der Waals surface area contributed by atoms with Crippen LogP contribution in [0.1, 0.15) is 40.0 Å². The fourth-order valence-corrected chi connectivity index (χ4v) is 1.96. The van der Waals surface area contributed by atoms with E-state index in [1.165, 1.54) is 0 Å². The van der Waals surface area contributed by atoms with E-state index in [4.69, 9.17) is 10.5 Å². The third-order valence-corrected chi connectivity index (χ3v) is 2.92. The van der Waals surface area contributed by atoms with E-state index in [2.05, 4.69) is 6.92 Å². The van der Waals surface area contributed by atoms with Crippen molar-refractivity contribution < 1.29 is 9.53 Å². The third kappa shape index (κ3) is 4.39. The highest BCUT2D eigenvalue weighted by molar-refractivity contribution is 5.85. The fraction of sp³-hybridized carbons (Fsp3) is 0.909. The Morgan fingerprint density at radius 3 is 2.47 bits per heavy atom. The minimum Gasteiger partial charge on any atom is -0.463 e. The molecule has 0 bridgehead atoms. The third-order valence-electron chi connectivity index (χ3n) is 2.92. The van der Waals surface area contributed by atoms with Crippen LogP contribution < -0.4 is 5.73 Å². The van der Waals surface area contributed by atoms with Crippen LogP contribution in [0.3, 0.4) is 0 Å². The van der Waals surface area contributed by atoms with Crippen LogP contribution in [0.15, 0.2) is 0 Å². The quantitative estimate of drug-likeness (QED) is 0.746. The zero-order valence-corrected chi connectivity index (χ0v) is 10.5. The minimum absolute atomic E-state index is 0. The molecule has 0 aromatic rings. The van der Waals surface area contributed by atoms with Crippen LogP contribution in [0.5, 0.6) is 0 Å². The molecule has 3 atom stereocenters. The second kappa shape index (κ2) is 6.33. The topological polar surface area (TPSA) is 52.3 Å². The maximum Gasteiger partial charge on any atom is 0.309 e. The lowest BCUT2D eigenvalue weighted by Gasteiger charge is -2.30. The molecule has 0 amide bonds. The van der Waals surface area contributed by atoms with Gasteiger partial charge in [0.1, 0.15) is 0 Å².